The fourth-order valence-corrected chi connectivity index (χ4v) is 2.82. The lowest BCUT2D eigenvalue weighted by Gasteiger charge is -2.23. The molecular weight excluding hydrogens is 400 g/mol. The second-order valence-corrected chi connectivity index (χ2v) is 6.31. The van der Waals surface area contributed by atoms with Crippen LogP contribution in [0, 0.1) is 0 Å². The van der Waals surface area contributed by atoms with Gasteiger partial charge in [0.05, 0.1) is 16.1 Å². The normalized spacial score (nSPS) is 13.6. The average molecular weight is 416 g/mol. The molecule has 4 nitrogen and oxygen atoms in total. The van der Waals surface area contributed by atoms with Gasteiger partial charge in [0, 0.05) is 24.0 Å². The van der Waals surface area contributed by atoms with Crippen LogP contribution < -0.4 is 15.2 Å². The number of hydrogen-bond donors (Lipinski definition) is 1. The third kappa shape index (κ3) is 3.96. The molecule has 0 saturated heterocycles. The number of pyridine rings is 1. The molecule has 2 N–H and O–H groups in total. The van der Waals surface area contributed by atoms with E-state index in [-0.39, 0.29) is 12.1 Å². The highest BCUT2D eigenvalue weighted by atomic mass is 79.9. The lowest BCUT2D eigenvalue weighted by molar-refractivity contribution is 0.178. The van der Waals surface area contributed by atoms with Crippen LogP contribution in [0.4, 0.5) is 0 Å². The molecular formula is C15H16Br2N2O2. The van der Waals surface area contributed by atoms with Crippen LogP contribution in [-0.4, -0.2) is 18.1 Å². The first-order chi connectivity index (χ1) is 10.0. The Hall–Kier alpha value is -1.11. The average Bonchev–Trinajstić information content (AvgIpc) is 2.48. The van der Waals surface area contributed by atoms with Crippen molar-refractivity contribution in [2.75, 3.05) is 7.11 Å². The van der Waals surface area contributed by atoms with Crippen LogP contribution in [0.3, 0.4) is 0 Å². The van der Waals surface area contributed by atoms with E-state index < -0.39 is 0 Å². The second-order valence-electron chi connectivity index (χ2n) is 4.60. The topological polar surface area (TPSA) is 57.4 Å². The molecule has 1 heterocycles. The van der Waals surface area contributed by atoms with Gasteiger partial charge in [-0.05, 0) is 57.0 Å². The third-order valence-corrected chi connectivity index (χ3v) is 4.19. The van der Waals surface area contributed by atoms with Crippen LogP contribution in [0.2, 0.25) is 0 Å². The van der Waals surface area contributed by atoms with Crippen molar-refractivity contribution in [3.05, 3.63) is 51.2 Å². The Morgan fingerprint density at radius 2 is 1.86 bits per heavy atom. The predicted octanol–water partition coefficient (Wildman–Crippen LogP) is 4.08. The van der Waals surface area contributed by atoms with Gasteiger partial charge in [-0.2, -0.15) is 0 Å². The van der Waals surface area contributed by atoms with Gasteiger partial charge < -0.3 is 15.2 Å². The van der Waals surface area contributed by atoms with E-state index in [0.717, 1.165) is 20.3 Å². The summed E-state index contributed by atoms with van der Waals surface area (Å²) in [7, 11) is 1.62. The van der Waals surface area contributed by atoms with Crippen molar-refractivity contribution >= 4 is 31.9 Å². The molecule has 1 aromatic heterocycles. The van der Waals surface area contributed by atoms with Gasteiger partial charge >= 0.3 is 0 Å². The van der Waals surface area contributed by atoms with Gasteiger partial charge in [-0.15, -0.1) is 0 Å². The SMILES string of the molecule is COc1cc(Br)c(OC(c2cccnc2)C(C)N)cc1Br. The molecule has 0 saturated carbocycles. The molecule has 2 aromatic rings. The molecule has 0 aliphatic carbocycles. The number of benzene rings is 1. The third-order valence-electron chi connectivity index (χ3n) is 2.95. The van der Waals surface area contributed by atoms with Gasteiger partial charge in [0.15, 0.2) is 0 Å². The zero-order valence-corrected chi connectivity index (χ0v) is 14.9. The number of ether oxygens (including phenoxy) is 2. The summed E-state index contributed by atoms with van der Waals surface area (Å²) in [5.41, 5.74) is 6.99. The van der Waals surface area contributed by atoms with E-state index in [4.69, 9.17) is 15.2 Å². The largest absolute Gasteiger partial charge is 0.496 e. The minimum atomic E-state index is -0.282. The molecule has 0 aliphatic heterocycles. The van der Waals surface area contributed by atoms with E-state index in [1.54, 1.807) is 19.5 Å². The summed E-state index contributed by atoms with van der Waals surface area (Å²) in [5, 5.41) is 0. The number of rotatable bonds is 5. The highest BCUT2D eigenvalue weighted by Crippen LogP contribution is 2.38. The Morgan fingerprint density at radius 1 is 1.19 bits per heavy atom. The van der Waals surface area contributed by atoms with Crippen molar-refractivity contribution in [1.29, 1.82) is 0 Å². The molecule has 6 heteroatoms. The van der Waals surface area contributed by atoms with E-state index in [1.807, 2.05) is 31.2 Å². The lowest BCUT2D eigenvalue weighted by Crippen LogP contribution is -2.29. The minimum absolute atomic E-state index is 0.179. The first-order valence-corrected chi connectivity index (χ1v) is 7.96. The monoisotopic (exact) mass is 414 g/mol. The molecule has 21 heavy (non-hydrogen) atoms. The zero-order chi connectivity index (χ0) is 15.4. The molecule has 0 spiro atoms. The fraction of sp³-hybridized carbons (Fsp3) is 0.267. The van der Waals surface area contributed by atoms with Crippen LogP contribution in [0.1, 0.15) is 18.6 Å². The van der Waals surface area contributed by atoms with E-state index in [2.05, 4.69) is 36.8 Å². The van der Waals surface area contributed by atoms with Crippen molar-refractivity contribution in [2.45, 2.75) is 19.1 Å². The second kappa shape index (κ2) is 7.24. The molecule has 0 amide bonds. The Balaban J connectivity index is 2.32. The maximum atomic E-state index is 6.08. The summed E-state index contributed by atoms with van der Waals surface area (Å²) in [5.74, 6) is 1.42. The summed E-state index contributed by atoms with van der Waals surface area (Å²) in [6.45, 7) is 1.91. The molecule has 0 radical (unpaired) electrons. The van der Waals surface area contributed by atoms with Gasteiger partial charge in [0.25, 0.3) is 0 Å². The Morgan fingerprint density at radius 3 is 2.43 bits per heavy atom. The smallest absolute Gasteiger partial charge is 0.140 e. The number of nitrogens with two attached hydrogens (primary N) is 1. The summed E-state index contributed by atoms with van der Waals surface area (Å²) in [6, 6.07) is 7.35. The first kappa shape index (κ1) is 16.3. The molecule has 0 fully saturated rings. The fourth-order valence-electron chi connectivity index (χ4n) is 1.92. The van der Waals surface area contributed by atoms with Gasteiger partial charge in [0.1, 0.15) is 17.6 Å². The number of methoxy groups -OCH3 is 1. The molecule has 0 aliphatic rings. The Bertz CT molecular complexity index is 606. The van der Waals surface area contributed by atoms with Gasteiger partial charge in [-0.3, -0.25) is 4.98 Å². The summed E-state index contributed by atoms with van der Waals surface area (Å²) < 4.78 is 12.9. The van der Waals surface area contributed by atoms with Gasteiger partial charge in [-0.1, -0.05) is 6.07 Å². The minimum Gasteiger partial charge on any atom is -0.496 e. The van der Waals surface area contributed by atoms with E-state index >= 15 is 0 Å². The number of hydrogen-bond acceptors (Lipinski definition) is 4. The van der Waals surface area contributed by atoms with E-state index in [1.165, 1.54) is 0 Å². The van der Waals surface area contributed by atoms with Crippen molar-refractivity contribution in [1.82, 2.24) is 4.98 Å². The predicted molar refractivity (Wildman–Crippen MR) is 89.6 cm³/mol. The van der Waals surface area contributed by atoms with Gasteiger partial charge in [0.2, 0.25) is 0 Å². The van der Waals surface area contributed by atoms with Crippen LogP contribution in [0.15, 0.2) is 45.6 Å². The molecule has 0 bridgehead atoms. The zero-order valence-electron chi connectivity index (χ0n) is 11.7. The maximum absolute atomic E-state index is 6.08. The van der Waals surface area contributed by atoms with Crippen LogP contribution >= 0.6 is 31.9 Å². The van der Waals surface area contributed by atoms with Crippen molar-refractivity contribution in [3.8, 4) is 11.5 Å². The molecule has 2 unspecified atom stereocenters. The Labute approximate surface area is 140 Å². The van der Waals surface area contributed by atoms with Crippen molar-refractivity contribution < 1.29 is 9.47 Å². The standard InChI is InChI=1S/C15H16Br2N2O2/c1-9(18)15(10-4-3-5-19-8-10)21-14-7-11(16)13(20-2)6-12(14)17/h3-9,15H,18H2,1-2H3. The maximum Gasteiger partial charge on any atom is 0.140 e. The lowest BCUT2D eigenvalue weighted by atomic mass is 10.1. The molecule has 1 aromatic carbocycles. The summed E-state index contributed by atoms with van der Waals surface area (Å²) in [4.78, 5) is 4.12. The highest BCUT2D eigenvalue weighted by molar-refractivity contribution is 9.11. The van der Waals surface area contributed by atoms with Crippen molar-refractivity contribution in [2.24, 2.45) is 5.73 Å². The van der Waals surface area contributed by atoms with Gasteiger partial charge in [-0.25, -0.2) is 0 Å². The number of halogens is 2. The van der Waals surface area contributed by atoms with E-state index in [0.29, 0.717) is 5.75 Å². The highest BCUT2D eigenvalue weighted by Gasteiger charge is 2.20. The van der Waals surface area contributed by atoms with Crippen molar-refractivity contribution in [3.63, 3.8) is 0 Å². The molecule has 2 rings (SSSR count). The van der Waals surface area contributed by atoms with E-state index in [9.17, 15) is 0 Å². The number of aromatic nitrogens is 1. The quantitative estimate of drug-likeness (QED) is 0.799. The summed E-state index contributed by atoms with van der Waals surface area (Å²) >= 11 is 6.95. The first-order valence-electron chi connectivity index (χ1n) is 6.38. The molecule has 112 valence electrons. The van der Waals surface area contributed by atoms with Crippen LogP contribution in [0.5, 0.6) is 11.5 Å². The van der Waals surface area contributed by atoms with Crippen LogP contribution in [-0.2, 0) is 0 Å². The Kier molecular flexibility index (Phi) is 5.61. The molecule has 2 atom stereocenters. The number of nitrogens with zero attached hydrogens (tertiary/aromatic N) is 1. The summed E-state index contributed by atoms with van der Waals surface area (Å²) in [6.07, 6.45) is 3.21. The van der Waals surface area contributed by atoms with Crippen LogP contribution in [0.25, 0.3) is 0 Å².